The van der Waals surface area contributed by atoms with Crippen molar-refractivity contribution in [1.29, 1.82) is 5.26 Å². The van der Waals surface area contributed by atoms with E-state index in [9.17, 15) is 5.26 Å². The van der Waals surface area contributed by atoms with Gasteiger partial charge in [0.15, 0.2) is 0 Å². The highest BCUT2D eigenvalue weighted by Crippen LogP contribution is 2.53. The highest BCUT2D eigenvalue weighted by Gasteiger charge is 2.36. The second-order valence-electron chi connectivity index (χ2n) is 24.1. The summed E-state index contributed by atoms with van der Waals surface area (Å²) >= 11 is 0. The van der Waals surface area contributed by atoms with Crippen LogP contribution in [0.15, 0.2) is 218 Å². The summed E-state index contributed by atoms with van der Waals surface area (Å²) in [4.78, 5) is 5.79. The van der Waals surface area contributed by atoms with E-state index in [0.29, 0.717) is 5.56 Å². The molecule has 0 spiro atoms. The molecule has 0 aliphatic rings. The molecule has 0 N–H and O–H groups in total. The fraction of sp³-hybridized carbons (Fsp3) is 0.100. The maximum atomic E-state index is 13.2. The Morgan fingerprint density at radius 2 is 0.570 bits per heavy atom. The quantitative estimate of drug-likeness (QED) is 0.160. The first-order valence-corrected chi connectivity index (χ1v) is 29.7. The summed E-state index contributed by atoms with van der Waals surface area (Å²) in [6.45, 7) is 17.5. The van der Waals surface area contributed by atoms with E-state index in [-0.39, 0.29) is 0 Å². The summed E-state index contributed by atoms with van der Waals surface area (Å²) in [7, 11) is 0. The van der Waals surface area contributed by atoms with Crippen LogP contribution in [0.2, 0.25) is 0 Å². The number of hydrogen-bond donors (Lipinski definition) is 0. The molecule has 11 aromatic carbocycles. The third kappa shape index (κ3) is 7.61. The van der Waals surface area contributed by atoms with Gasteiger partial charge in [-0.2, -0.15) is 5.26 Å². The molecule has 16 rings (SSSR count). The summed E-state index contributed by atoms with van der Waals surface area (Å²) in [6, 6.07) is 83.6. The van der Waals surface area contributed by atoms with Crippen molar-refractivity contribution < 1.29 is 0 Å². The van der Waals surface area contributed by atoms with Gasteiger partial charge in [0.25, 0.3) is 0 Å². The zero-order chi connectivity index (χ0) is 58.4. The minimum absolute atomic E-state index is 0.515. The molecular formula is C80H60N6. The molecule has 0 aliphatic carbocycles. The number of nitriles is 1. The predicted octanol–water partition coefficient (Wildman–Crippen LogP) is 20.8. The van der Waals surface area contributed by atoms with Crippen molar-refractivity contribution in [3.8, 4) is 62.5 Å². The number of pyridine rings is 1. The monoisotopic (exact) mass is 1100 g/mol. The lowest BCUT2D eigenvalue weighted by Crippen LogP contribution is -2.17. The van der Waals surface area contributed by atoms with Gasteiger partial charge in [0.05, 0.1) is 83.8 Å². The first-order valence-electron chi connectivity index (χ1n) is 29.7. The summed E-state index contributed by atoms with van der Waals surface area (Å²) in [5.74, 6) is 0. The van der Waals surface area contributed by atoms with E-state index in [4.69, 9.17) is 4.98 Å². The molecule has 5 aromatic heterocycles. The maximum absolute atomic E-state index is 13.2. The van der Waals surface area contributed by atoms with Crippen molar-refractivity contribution in [3.05, 3.63) is 268 Å². The second kappa shape index (κ2) is 19.2. The molecule has 16 aromatic rings. The first kappa shape index (κ1) is 50.9. The van der Waals surface area contributed by atoms with E-state index in [1.165, 1.54) is 33.4 Å². The van der Waals surface area contributed by atoms with Gasteiger partial charge >= 0.3 is 0 Å². The van der Waals surface area contributed by atoms with E-state index < -0.39 is 0 Å². The average molecular weight is 1110 g/mol. The molecule has 6 heteroatoms. The maximum Gasteiger partial charge on any atom is 0.102 e. The molecule has 0 saturated carbocycles. The van der Waals surface area contributed by atoms with Crippen LogP contribution in [0.4, 0.5) is 0 Å². The van der Waals surface area contributed by atoms with Crippen LogP contribution >= 0.6 is 0 Å². The third-order valence-electron chi connectivity index (χ3n) is 18.0. The van der Waals surface area contributed by atoms with Gasteiger partial charge in [0.1, 0.15) is 6.07 Å². The zero-order valence-electron chi connectivity index (χ0n) is 49.5. The summed E-state index contributed by atoms with van der Waals surface area (Å²) in [5.41, 5.74) is 26.7. The Hall–Kier alpha value is -10.7. The number of rotatable bonds is 7. The van der Waals surface area contributed by atoms with Gasteiger partial charge in [0.2, 0.25) is 0 Å². The molecule has 0 saturated heterocycles. The largest absolute Gasteiger partial charge is 0.306 e. The van der Waals surface area contributed by atoms with E-state index in [1.54, 1.807) is 0 Å². The predicted molar refractivity (Wildman–Crippen MR) is 361 cm³/mol. The van der Waals surface area contributed by atoms with E-state index in [2.05, 4.69) is 298 Å². The van der Waals surface area contributed by atoms with Crippen molar-refractivity contribution in [2.75, 3.05) is 0 Å². The lowest BCUT2D eigenvalue weighted by molar-refractivity contribution is 1.02. The molecule has 0 bridgehead atoms. The second-order valence-corrected chi connectivity index (χ2v) is 24.1. The van der Waals surface area contributed by atoms with Gasteiger partial charge in [-0.15, -0.1) is 0 Å². The number of aryl methyl sites for hydroxylation is 8. The van der Waals surface area contributed by atoms with Crippen LogP contribution in [-0.4, -0.2) is 23.3 Å². The molecule has 0 atom stereocenters. The fourth-order valence-corrected chi connectivity index (χ4v) is 14.1. The van der Waals surface area contributed by atoms with Crippen molar-refractivity contribution >= 4 is 87.2 Å². The molecular weight excluding hydrogens is 1040 g/mol. The van der Waals surface area contributed by atoms with Crippen LogP contribution < -0.4 is 0 Å². The minimum Gasteiger partial charge on any atom is -0.306 e. The molecule has 5 heterocycles. The van der Waals surface area contributed by atoms with Gasteiger partial charge in [-0.25, -0.2) is 4.98 Å². The Labute approximate surface area is 499 Å². The van der Waals surface area contributed by atoms with E-state index in [0.717, 1.165) is 155 Å². The smallest absolute Gasteiger partial charge is 0.102 e. The summed E-state index contributed by atoms with van der Waals surface area (Å²) in [5, 5.41) is 22.3. The van der Waals surface area contributed by atoms with Crippen LogP contribution in [0.3, 0.4) is 0 Å². The van der Waals surface area contributed by atoms with E-state index >= 15 is 0 Å². The topological polar surface area (TPSA) is 56.4 Å². The normalized spacial score (nSPS) is 11.9. The highest BCUT2D eigenvalue weighted by molar-refractivity contribution is 6.18. The Morgan fingerprint density at radius 3 is 0.884 bits per heavy atom. The standard InChI is InChI=1S/C80H60N6/c1-46-19-29-67-57(37-46)58-38-47(2)20-30-68(58)83(67)77-65(45-81)75(56-27-28-66(54-15-11-9-12-16-54)82-76(56)55-17-13-10-14-18-55)78(84-69-31-21-48(3)39-59(69)60-40-49(4)22-32-70(60)84)80(86-73-35-25-52(7)43-63(73)64-44-53(8)26-36-74(64)86)79(77)85-71-33-23-50(5)41-61(71)62-42-51(6)24-34-72(62)85/h9-44H,1-8H3. The van der Waals surface area contributed by atoms with Crippen molar-refractivity contribution in [1.82, 2.24) is 23.3 Å². The van der Waals surface area contributed by atoms with Gasteiger partial charge in [-0.3, -0.25) is 0 Å². The summed E-state index contributed by atoms with van der Waals surface area (Å²) in [6.07, 6.45) is 0. The van der Waals surface area contributed by atoms with Crippen LogP contribution in [0.25, 0.3) is 144 Å². The molecule has 0 fully saturated rings. The van der Waals surface area contributed by atoms with Gasteiger partial charge in [0, 0.05) is 65.3 Å². The molecule has 0 radical (unpaired) electrons. The van der Waals surface area contributed by atoms with Crippen LogP contribution in [0.5, 0.6) is 0 Å². The summed E-state index contributed by atoms with van der Waals surface area (Å²) < 4.78 is 10.0. The lowest BCUT2D eigenvalue weighted by Gasteiger charge is -2.30. The minimum atomic E-state index is 0.515. The number of benzene rings is 11. The zero-order valence-corrected chi connectivity index (χ0v) is 49.5. The van der Waals surface area contributed by atoms with Gasteiger partial charge in [-0.05, 0) is 165 Å². The number of fused-ring (bicyclic) bond motifs is 12. The van der Waals surface area contributed by atoms with Crippen LogP contribution in [0, 0.1) is 66.7 Å². The average Bonchev–Trinajstić information content (AvgIpc) is 2.42. The Balaban J connectivity index is 1.28. The molecule has 6 nitrogen and oxygen atoms in total. The van der Waals surface area contributed by atoms with Crippen LogP contribution in [0.1, 0.15) is 50.1 Å². The van der Waals surface area contributed by atoms with Crippen LogP contribution in [-0.2, 0) is 0 Å². The Kier molecular flexibility index (Phi) is 11.3. The van der Waals surface area contributed by atoms with Crippen molar-refractivity contribution in [2.24, 2.45) is 0 Å². The third-order valence-corrected chi connectivity index (χ3v) is 18.0. The van der Waals surface area contributed by atoms with Gasteiger partial charge < -0.3 is 18.3 Å². The Morgan fingerprint density at radius 1 is 0.291 bits per heavy atom. The molecule has 0 aliphatic heterocycles. The molecule has 86 heavy (non-hydrogen) atoms. The molecule has 0 unspecified atom stereocenters. The number of aromatic nitrogens is 5. The Bertz CT molecular complexity index is 5380. The van der Waals surface area contributed by atoms with Crippen molar-refractivity contribution in [2.45, 2.75) is 55.4 Å². The highest BCUT2D eigenvalue weighted by atomic mass is 15.1. The fourth-order valence-electron chi connectivity index (χ4n) is 14.1. The van der Waals surface area contributed by atoms with E-state index in [1.807, 2.05) is 0 Å². The first-order chi connectivity index (χ1) is 41.9. The number of nitrogens with zero attached hydrogens (tertiary/aromatic N) is 6. The molecule has 0 amide bonds. The number of hydrogen-bond acceptors (Lipinski definition) is 2. The lowest BCUT2D eigenvalue weighted by atomic mass is 9.89. The van der Waals surface area contributed by atoms with Crippen molar-refractivity contribution in [3.63, 3.8) is 0 Å². The molecule has 410 valence electrons. The van der Waals surface area contributed by atoms with Gasteiger partial charge in [-0.1, -0.05) is 154 Å². The SMILES string of the molecule is Cc1ccc2c(c1)c1cc(C)ccc1n2-c1c(C#N)c(-c2ccc(-c3ccccc3)nc2-c2ccccc2)c(-n2c3ccc(C)cc3c3cc(C)ccc32)c(-n2c3ccc(C)cc3c3cc(C)ccc32)c1-n1c2ccc(C)cc2c2cc(C)ccc21.